The van der Waals surface area contributed by atoms with Gasteiger partial charge < -0.3 is 28.6 Å². The zero-order valence-electron chi connectivity index (χ0n) is 20.6. The highest BCUT2D eigenvalue weighted by Gasteiger charge is 2.25. The van der Waals surface area contributed by atoms with Gasteiger partial charge in [-0.05, 0) is 47.9 Å². The van der Waals surface area contributed by atoms with Gasteiger partial charge in [0.2, 0.25) is 5.88 Å². The van der Waals surface area contributed by atoms with Gasteiger partial charge in [-0.3, -0.25) is 0 Å². The van der Waals surface area contributed by atoms with Crippen molar-refractivity contribution < 1.29 is 28.8 Å². The Labute approximate surface area is 217 Å². The predicted octanol–water partition coefficient (Wildman–Crippen LogP) is 6.22. The van der Waals surface area contributed by atoms with Crippen molar-refractivity contribution in [3.05, 3.63) is 60.2 Å². The van der Waals surface area contributed by atoms with Crippen LogP contribution < -0.4 is 18.9 Å². The molecule has 3 aromatic carbocycles. The molecule has 0 aliphatic heterocycles. The first-order chi connectivity index (χ1) is 18.0. The summed E-state index contributed by atoms with van der Waals surface area (Å²) in [5.41, 5.74) is 4.64. The molecule has 0 amide bonds. The SMILES string of the molecule is CCCOc1cc2c(cc1OC)c(-c1ccc(OC)cc1)c(OC(=O)O)n2Cc1ccc2nsnc2c1. The lowest BCUT2D eigenvalue weighted by Crippen LogP contribution is -2.10. The average molecular weight is 520 g/mol. The van der Waals surface area contributed by atoms with Gasteiger partial charge >= 0.3 is 6.16 Å². The summed E-state index contributed by atoms with van der Waals surface area (Å²) in [5, 5.41) is 10.5. The molecule has 0 unspecified atom stereocenters. The van der Waals surface area contributed by atoms with E-state index in [0.717, 1.165) is 51.2 Å². The molecule has 5 aromatic rings. The van der Waals surface area contributed by atoms with E-state index in [-0.39, 0.29) is 5.88 Å². The molecule has 0 saturated carbocycles. The highest BCUT2D eigenvalue weighted by Crippen LogP contribution is 2.45. The standard InChI is InChI=1S/C27H25N3O6S/c1-4-11-35-24-14-22-19(13-23(24)34-3)25(17-6-8-18(33-2)9-7-17)26(36-27(31)32)30(22)15-16-5-10-20-21(12-16)29-37-28-20/h5-10,12-14H,4,11,15H2,1-3H3,(H,31,32). The van der Waals surface area contributed by atoms with Crippen LogP contribution in [-0.2, 0) is 6.54 Å². The fourth-order valence-corrected chi connectivity index (χ4v) is 4.83. The highest BCUT2D eigenvalue weighted by molar-refractivity contribution is 7.00. The fourth-order valence-electron chi connectivity index (χ4n) is 4.31. The molecule has 5 rings (SSSR count). The summed E-state index contributed by atoms with van der Waals surface area (Å²) in [7, 11) is 3.17. The Morgan fingerprint density at radius 1 is 0.973 bits per heavy atom. The third-order valence-electron chi connectivity index (χ3n) is 5.98. The Bertz CT molecular complexity index is 1580. The van der Waals surface area contributed by atoms with Crippen LogP contribution in [0.3, 0.4) is 0 Å². The van der Waals surface area contributed by atoms with Crippen LogP contribution >= 0.6 is 11.7 Å². The van der Waals surface area contributed by atoms with Crippen LogP contribution in [0.2, 0.25) is 0 Å². The zero-order chi connectivity index (χ0) is 25.9. The fraction of sp³-hybridized carbons (Fsp3) is 0.222. The largest absolute Gasteiger partial charge is 0.512 e. The predicted molar refractivity (Wildman–Crippen MR) is 141 cm³/mol. The second-order valence-corrected chi connectivity index (χ2v) is 8.85. The summed E-state index contributed by atoms with van der Waals surface area (Å²) in [4.78, 5) is 11.9. The minimum absolute atomic E-state index is 0.193. The molecule has 0 bridgehead atoms. The highest BCUT2D eigenvalue weighted by atomic mass is 32.1. The van der Waals surface area contributed by atoms with Gasteiger partial charge in [-0.15, -0.1) is 0 Å². The average Bonchev–Trinajstić information content (AvgIpc) is 3.48. The van der Waals surface area contributed by atoms with E-state index in [1.165, 1.54) is 0 Å². The van der Waals surface area contributed by atoms with Crippen molar-refractivity contribution in [1.29, 1.82) is 0 Å². The van der Waals surface area contributed by atoms with Crippen LogP contribution in [0.25, 0.3) is 33.1 Å². The van der Waals surface area contributed by atoms with Crippen molar-refractivity contribution in [3.63, 3.8) is 0 Å². The topological polar surface area (TPSA) is 105 Å². The van der Waals surface area contributed by atoms with Gasteiger partial charge in [0.25, 0.3) is 0 Å². The van der Waals surface area contributed by atoms with Crippen molar-refractivity contribution in [1.82, 2.24) is 13.3 Å². The molecule has 0 saturated heterocycles. The van der Waals surface area contributed by atoms with Gasteiger partial charge in [0.1, 0.15) is 16.8 Å². The first-order valence-electron chi connectivity index (χ1n) is 11.7. The van der Waals surface area contributed by atoms with Gasteiger partial charge in [-0.1, -0.05) is 25.1 Å². The molecule has 37 heavy (non-hydrogen) atoms. The van der Waals surface area contributed by atoms with Crippen LogP contribution in [0.5, 0.6) is 23.1 Å². The number of benzene rings is 3. The molecular formula is C27H25N3O6S. The molecule has 0 radical (unpaired) electrons. The van der Waals surface area contributed by atoms with Crippen molar-refractivity contribution in [3.8, 4) is 34.3 Å². The third-order valence-corrected chi connectivity index (χ3v) is 6.54. The molecule has 2 aromatic heterocycles. The molecule has 0 aliphatic rings. The molecule has 190 valence electrons. The second-order valence-electron chi connectivity index (χ2n) is 8.32. The number of carboxylic acid groups (broad SMARTS) is 1. The molecule has 0 spiro atoms. The Hall–Kier alpha value is -4.31. The number of hydrogen-bond acceptors (Lipinski definition) is 8. The number of aromatic nitrogens is 3. The van der Waals surface area contributed by atoms with E-state index in [2.05, 4.69) is 8.75 Å². The lowest BCUT2D eigenvalue weighted by molar-refractivity contribution is 0.141. The molecule has 0 fully saturated rings. The summed E-state index contributed by atoms with van der Waals surface area (Å²) in [6.45, 7) is 2.87. The Balaban J connectivity index is 1.77. The van der Waals surface area contributed by atoms with E-state index in [1.807, 2.05) is 66.1 Å². The van der Waals surface area contributed by atoms with Crippen LogP contribution in [0.15, 0.2) is 54.6 Å². The number of methoxy groups -OCH3 is 2. The number of ether oxygens (including phenoxy) is 4. The molecular weight excluding hydrogens is 494 g/mol. The maximum atomic E-state index is 11.9. The van der Waals surface area contributed by atoms with E-state index in [1.54, 1.807) is 14.2 Å². The first kappa shape index (κ1) is 24.4. The van der Waals surface area contributed by atoms with E-state index in [4.69, 9.17) is 18.9 Å². The van der Waals surface area contributed by atoms with Crippen molar-refractivity contribution in [2.24, 2.45) is 0 Å². The number of carbonyl (C=O) groups is 1. The van der Waals surface area contributed by atoms with Gasteiger partial charge in [-0.2, -0.15) is 8.75 Å². The van der Waals surface area contributed by atoms with Gasteiger partial charge in [0.15, 0.2) is 11.5 Å². The Morgan fingerprint density at radius 2 is 1.76 bits per heavy atom. The quantitative estimate of drug-likeness (QED) is 0.229. The van der Waals surface area contributed by atoms with Crippen molar-refractivity contribution >= 4 is 39.8 Å². The van der Waals surface area contributed by atoms with Crippen molar-refractivity contribution in [2.75, 3.05) is 20.8 Å². The first-order valence-corrected chi connectivity index (χ1v) is 12.4. The van der Waals surface area contributed by atoms with Crippen LogP contribution in [-0.4, -0.2) is 45.4 Å². The molecule has 1 N–H and O–H groups in total. The van der Waals surface area contributed by atoms with E-state index < -0.39 is 6.16 Å². The smallest absolute Gasteiger partial charge is 0.497 e. The van der Waals surface area contributed by atoms with Crippen LogP contribution in [0.4, 0.5) is 4.79 Å². The minimum Gasteiger partial charge on any atom is -0.497 e. The molecule has 10 heteroatoms. The van der Waals surface area contributed by atoms with Gasteiger partial charge in [-0.25, -0.2) is 4.79 Å². The second kappa shape index (κ2) is 10.4. The zero-order valence-corrected chi connectivity index (χ0v) is 21.4. The van der Waals surface area contributed by atoms with Crippen LogP contribution in [0.1, 0.15) is 18.9 Å². The molecule has 2 heterocycles. The summed E-state index contributed by atoms with van der Waals surface area (Å²) in [6, 6.07) is 16.9. The van der Waals surface area contributed by atoms with E-state index >= 15 is 0 Å². The maximum Gasteiger partial charge on any atom is 0.512 e. The maximum absolute atomic E-state index is 11.9. The monoisotopic (exact) mass is 519 g/mol. The summed E-state index contributed by atoms with van der Waals surface area (Å²) in [6.07, 6.45) is -0.582. The normalized spacial score (nSPS) is 11.1. The number of fused-ring (bicyclic) bond motifs is 2. The molecule has 9 nitrogen and oxygen atoms in total. The van der Waals surface area contributed by atoms with E-state index in [0.29, 0.717) is 36.0 Å². The van der Waals surface area contributed by atoms with Crippen LogP contribution in [0, 0.1) is 0 Å². The minimum atomic E-state index is -1.41. The number of rotatable bonds is 9. The van der Waals surface area contributed by atoms with Gasteiger partial charge in [0, 0.05) is 11.5 Å². The number of hydrogen-bond donors (Lipinski definition) is 1. The van der Waals surface area contributed by atoms with Gasteiger partial charge in [0.05, 0.1) is 50.2 Å². The Kier molecular flexibility index (Phi) is 6.82. The lowest BCUT2D eigenvalue weighted by Gasteiger charge is -2.13. The third kappa shape index (κ3) is 4.75. The Morgan fingerprint density at radius 3 is 2.46 bits per heavy atom. The molecule has 0 atom stereocenters. The lowest BCUT2D eigenvalue weighted by atomic mass is 10.0. The van der Waals surface area contributed by atoms with Crippen molar-refractivity contribution in [2.45, 2.75) is 19.9 Å². The number of nitrogens with zero attached hydrogens (tertiary/aromatic N) is 3. The van der Waals surface area contributed by atoms with E-state index in [9.17, 15) is 9.90 Å². The summed E-state index contributed by atoms with van der Waals surface area (Å²) < 4.78 is 32.8. The summed E-state index contributed by atoms with van der Waals surface area (Å²) >= 11 is 1.15. The summed E-state index contributed by atoms with van der Waals surface area (Å²) in [5.74, 6) is 1.99. The molecule has 0 aliphatic carbocycles.